The van der Waals surface area contributed by atoms with Crippen LogP contribution in [0.5, 0.6) is 5.75 Å². The van der Waals surface area contributed by atoms with E-state index in [1.807, 2.05) is 13.8 Å². The van der Waals surface area contributed by atoms with Crippen molar-refractivity contribution in [2.75, 3.05) is 11.9 Å². The summed E-state index contributed by atoms with van der Waals surface area (Å²) in [6.45, 7) is 5.73. The fraction of sp³-hybridized carbons (Fsp3) is 0.263. The van der Waals surface area contributed by atoms with Crippen molar-refractivity contribution in [3.05, 3.63) is 58.6 Å². The molecule has 0 aromatic heterocycles. The molecule has 0 aliphatic heterocycles. The van der Waals surface area contributed by atoms with Gasteiger partial charge in [0.15, 0.2) is 0 Å². The summed E-state index contributed by atoms with van der Waals surface area (Å²) >= 11 is 6.03. The maximum absolute atomic E-state index is 12.6. The molecule has 1 N–H and O–H groups in total. The molecule has 5 nitrogen and oxygen atoms in total. The third kappa shape index (κ3) is 4.97. The molecule has 0 aliphatic carbocycles. The maximum Gasteiger partial charge on any atom is 0.339 e. The van der Waals surface area contributed by atoms with E-state index < -0.39 is 5.97 Å². The summed E-state index contributed by atoms with van der Waals surface area (Å²) in [5, 5.41) is 3.01. The minimum Gasteiger partial charge on any atom is -0.490 e. The summed E-state index contributed by atoms with van der Waals surface area (Å²) in [5.74, 6) is -0.380. The lowest BCUT2D eigenvalue weighted by atomic mass is 10.1. The van der Waals surface area contributed by atoms with Crippen LogP contribution in [-0.4, -0.2) is 24.6 Å². The summed E-state index contributed by atoms with van der Waals surface area (Å²) in [7, 11) is 0. The number of nitrogens with one attached hydrogen (secondary N) is 1. The van der Waals surface area contributed by atoms with Gasteiger partial charge in [-0.3, -0.25) is 4.79 Å². The van der Waals surface area contributed by atoms with Crippen LogP contribution in [0.3, 0.4) is 0 Å². The van der Waals surface area contributed by atoms with E-state index >= 15 is 0 Å². The number of benzene rings is 2. The largest absolute Gasteiger partial charge is 0.490 e. The van der Waals surface area contributed by atoms with Crippen molar-refractivity contribution in [3.8, 4) is 5.75 Å². The Morgan fingerprint density at radius 3 is 2.52 bits per heavy atom. The summed E-state index contributed by atoms with van der Waals surface area (Å²) < 4.78 is 10.6. The zero-order chi connectivity index (χ0) is 18.4. The van der Waals surface area contributed by atoms with Crippen molar-refractivity contribution in [1.82, 2.24) is 0 Å². The van der Waals surface area contributed by atoms with Gasteiger partial charge in [-0.15, -0.1) is 0 Å². The number of rotatable bonds is 6. The molecule has 0 saturated heterocycles. The van der Waals surface area contributed by atoms with E-state index in [1.165, 1.54) is 6.07 Å². The standard InChI is InChI=1S/C19H20ClNO4/c1-4-24-19(23)15-11-13(9-10-16(15)20)21-18(22)14-7-5-6-8-17(14)25-12(2)3/h5-12H,4H2,1-3H3,(H,21,22). The van der Waals surface area contributed by atoms with Gasteiger partial charge in [-0.2, -0.15) is 0 Å². The minimum atomic E-state index is -0.535. The van der Waals surface area contributed by atoms with Crippen molar-refractivity contribution in [1.29, 1.82) is 0 Å². The Bertz CT molecular complexity index is 774. The molecule has 0 radical (unpaired) electrons. The molecule has 25 heavy (non-hydrogen) atoms. The van der Waals surface area contributed by atoms with Gasteiger partial charge in [0.05, 0.1) is 28.9 Å². The molecule has 132 valence electrons. The van der Waals surface area contributed by atoms with Gasteiger partial charge in [0, 0.05) is 5.69 Å². The average molecular weight is 362 g/mol. The van der Waals surface area contributed by atoms with E-state index in [0.717, 1.165) is 0 Å². The van der Waals surface area contributed by atoms with Crippen molar-refractivity contribution < 1.29 is 19.1 Å². The first-order valence-electron chi connectivity index (χ1n) is 7.96. The number of amides is 1. The number of carbonyl (C=O) groups excluding carboxylic acids is 2. The van der Waals surface area contributed by atoms with Crippen molar-refractivity contribution in [2.24, 2.45) is 0 Å². The molecule has 0 aliphatic rings. The normalized spacial score (nSPS) is 10.4. The zero-order valence-electron chi connectivity index (χ0n) is 14.3. The Kier molecular flexibility index (Phi) is 6.42. The van der Waals surface area contributed by atoms with E-state index in [1.54, 1.807) is 43.3 Å². The molecule has 2 aromatic carbocycles. The zero-order valence-corrected chi connectivity index (χ0v) is 15.1. The summed E-state index contributed by atoms with van der Waals surface area (Å²) in [4.78, 5) is 24.5. The van der Waals surface area contributed by atoms with Gasteiger partial charge in [0.25, 0.3) is 5.91 Å². The second-order valence-electron chi connectivity index (χ2n) is 5.53. The third-order valence-corrected chi connectivity index (χ3v) is 3.54. The van der Waals surface area contributed by atoms with E-state index in [9.17, 15) is 9.59 Å². The highest BCUT2D eigenvalue weighted by molar-refractivity contribution is 6.33. The molecular weight excluding hydrogens is 342 g/mol. The van der Waals surface area contributed by atoms with E-state index in [4.69, 9.17) is 21.1 Å². The van der Waals surface area contributed by atoms with E-state index in [0.29, 0.717) is 17.0 Å². The average Bonchev–Trinajstić information content (AvgIpc) is 2.56. The van der Waals surface area contributed by atoms with Crippen LogP contribution in [0.1, 0.15) is 41.5 Å². The topological polar surface area (TPSA) is 64.6 Å². The molecule has 0 unspecified atom stereocenters. The fourth-order valence-corrected chi connectivity index (χ4v) is 2.37. The number of anilines is 1. The van der Waals surface area contributed by atoms with Crippen LogP contribution in [-0.2, 0) is 4.74 Å². The van der Waals surface area contributed by atoms with Crippen LogP contribution >= 0.6 is 11.6 Å². The predicted octanol–water partition coefficient (Wildman–Crippen LogP) is 4.56. The minimum absolute atomic E-state index is 0.0556. The molecule has 0 fully saturated rings. The molecule has 6 heteroatoms. The number of halogens is 1. The second-order valence-corrected chi connectivity index (χ2v) is 5.94. The second kappa shape index (κ2) is 8.53. The fourth-order valence-electron chi connectivity index (χ4n) is 2.18. The molecule has 0 spiro atoms. The Balaban J connectivity index is 2.24. The highest BCUT2D eigenvalue weighted by Crippen LogP contribution is 2.24. The molecule has 0 bridgehead atoms. The lowest BCUT2D eigenvalue weighted by Crippen LogP contribution is -2.16. The predicted molar refractivity (Wildman–Crippen MR) is 97.6 cm³/mol. The molecule has 1 amide bonds. The number of ether oxygens (including phenoxy) is 2. The van der Waals surface area contributed by atoms with Crippen molar-refractivity contribution in [2.45, 2.75) is 26.9 Å². The van der Waals surface area contributed by atoms with Gasteiger partial charge in [-0.05, 0) is 51.1 Å². The molecule has 0 heterocycles. The Hall–Kier alpha value is -2.53. The number of hydrogen-bond acceptors (Lipinski definition) is 4. The lowest BCUT2D eigenvalue weighted by Gasteiger charge is -2.14. The quantitative estimate of drug-likeness (QED) is 0.766. The summed E-state index contributed by atoms with van der Waals surface area (Å²) in [6, 6.07) is 11.6. The van der Waals surface area contributed by atoms with E-state index in [-0.39, 0.29) is 29.2 Å². The van der Waals surface area contributed by atoms with Crippen LogP contribution in [0.4, 0.5) is 5.69 Å². The van der Waals surface area contributed by atoms with Gasteiger partial charge in [0.1, 0.15) is 5.75 Å². The van der Waals surface area contributed by atoms with Gasteiger partial charge in [-0.25, -0.2) is 4.79 Å². The van der Waals surface area contributed by atoms with Crippen molar-refractivity contribution in [3.63, 3.8) is 0 Å². The number of para-hydroxylation sites is 1. The lowest BCUT2D eigenvalue weighted by molar-refractivity contribution is 0.0526. The van der Waals surface area contributed by atoms with Crippen LogP contribution in [0, 0.1) is 0 Å². The molecular formula is C19H20ClNO4. The third-order valence-electron chi connectivity index (χ3n) is 3.21. The van der Waals surface area contributed by atoms with Crippen LogP contribution in [0.15, 0.2) is 42.5 Å². The van der Waals surface area contributed by atoms with E-state index in [2.05, 4.69) is 5.32 Å². The highest BCUT2D eigenvalue weighted by Gasteiger charge is 2.16. The van der Waals surface area contributed by atoms with Crippen LogP contribution in [0.2, 0.25) is 5.02 Å². The van der Waals surface area contributed by atoms with Gasteiger partial charge < -0.3 is 14.8 Å². The first-order chi connectivity index (χ1) is 11.9. The molecule has 0 saturated carbocycles. The number of carbonyl (C=O) groups is 2. The summed E-state index contributed by atoms with van der Waals surface area (Å²) in [6.07, 6.45) is -0.0556. The summed E-state index contributed by atoms with van der Waals surface area (Å²) in [5.41, 5.74) is 1.05. The van der Waals surface area contributed by atoms with Crippen LogP contribution in [0.25, 0.3) is 0 Å². The Labute approximate surface area is 151 Å². The van der Waals surface area contributed by atoms with Gasteiger partial charge in [-0.1, -0.05) is 23.7 Å². The van der Waals surface area contributed by atoms with Gasteiger partial charge in [0.2, 0.25) is 0 Å². The van der Waals surface area contributed by atoms with Gasteiger partial charge >= 0.3 is 5.97 Å². The monoisotopic (exact) mass is 361 g/mol. The Morgan fingerprint density at radius 2 is 1.84 bits per heavy atom. The number of hydrogen-bond donors (Lipinski definition) is 1. The smallest absolute Gasteiger partial charge is 0.339 e. The Morgan fingerprint density at radius 1 is 1.12 bits per heavy atom. The molecule has 2 rings (SSSR count). The molecule has 0 atom stereocenters. The molecule has 2 aromatic rings. The SMILES string of the molecule is CCOC(=O)c1cc(NC(=O)c2ccccc2OC(C)C)ccc1Cl. The maximum atomic E-state index is 12.6. The first kappa shape index (κ1) is 18.8. The van der Waals surface area contributed by atoms with Crippen molar-refractivity contribution >= 4 is 29.2 Å². The number of esters is 1. The van der Waals surface area contributed by atoms with Crippen LogP contribution < -0.4 is 10.1 Å². The first-order valence-corrected chi connectivity index (χ1v) is 8.34. The highest BCUT2D eigenvalue weighted by atomic mass is 35.5.